The summed E-state index contributed by atoms with van der Waals surface area (Å²) in [5.74, 6) is 0.798. The van der Waals surface area contributed by atoms with Crippen molar-refractivity contribution in [2.75, 3.05) is 18.8 Å². The van der Waals surface area contributed by atoms with E-state index < -0.39 is 0 Å². The molecule has 1 fully saturated rings. The van der Waals surface area contributed by atoms with Gasteiger partial charge in [-0.05, 0) is 18.1 Å². The van der Waals surface area contributed by atoms with Crippen molar-refractivity contribution in [3.05, 3.63) is 64.1 Å². The van der Waals surface area contributed by atoms with E-state index in [9.17, 15) is 9.59 Å². The van der Waals surface area contributed by atoms with Gasteiger partial charge in [-0.2, -0.15) is 16.9 Å². The van der Waals surface area contributed by atoms with Gasteiger partial charge in [0.2, 0.25) is 0 Å². The Bertz CT molecular complexity index is 745. The lowest BCUT2D eigenvalue weighted by molar-refractivity contribution is 0.0758. The molecule has 1 amide bonds. The number of aryl methyl sites for hydroxylation is 1. The molecule has 1 aliphatic heterocycles. The van der Waals surface area contributed by atoms with Crippen molar-refractivity contribution >= 4 is 17.7 Å². The molecule has 0 N–H and O–H groups in total. The number of amides is 1. The average molecular weight is 329 g/mol. The lowest BCUT2D eigenvalue weighted by Crippen LogP contribution is -2.35. The van der Waals surface area contributed by atoms with Gasteiger partial charge in [-0.25, -0.2) is 4.68 Å². The molecule has 0 radical (unpaired) electrons. The highest BCUT2D eigenvalue weighted by atomic mass is 32.2. The lowest BCUT2D eigenvalue weighted by Gasteiger charge is -2.20. The monoisotopic (exact) mass is 329 g/mol. The van der Waals surface area contributed by atoms with E-state index in [1.807, 2.05) is 22.7 Å². The number of aromatic nitrogens is 2. The molecule has 5 nitrogen and oxygen atoms in total. The molecule has 1 aliphatic rings. The van der Waals surface area contributed by atoms with Crippen LogP contribution in [0.25, 0.3) is 0 Å². The van der Waals surface area contributed by atoms with Gasteiger partial charge in [0.1, 0.15) is 5.69 Å². The van der Waals surface area contributed by atoms with E-state index >= 15 is 0 Å². The van der Waals surface area contributed by atoms with Crippen molar-refractivity contribution in [2.24, 2.45) is 7.05 Å². The third-order valence-corrected chi connectivity index (χ3v) is 5.31. The maximum atomic E-state index is 12.6. The summed E-state index contributed by atoms with van der Waals surface area (Å²) >= 11 is 1.89. The van der Waals surface area contributed by atoms with Crippen molar-refractivity contribution in [3.8, 4) is 0 Å². The van der Waals surface area contributed by atoms with Crippen molar-refractivity contribution in [1.29, 1.82) is 0 Å². The number of nitrogens with zero attached hydrogens (tertiary/aromatic N) is 3. The molecule has 0 unspecified atom stereocenters. The molecule has 0 spiro atoms. The van der Waals surface area contributed by atoms with Crippen LogP contribution in [-0.2, 0) is 7.05 Å². The van der Waals surface area contributed by atoms with Crippen molar-refractivity contribution < 1.29 is 4.79 Å². The SMILES string of the molecule is Cn1nc(C(=O)N2CCS[C@H](c3ccccc3)CC2)ccc1=O. The van der Waals surface area contributed by atoms with Crippen LogP contribution in [-0.4, -0.2) is 39.4 Å². The van der Waals surface area contributed by atoms with E-state index in [0.29, 0.717) is 24.0 Å². The predicted molar refractivity (Wildman–Crippen MR) is 91.6 cm³/mol. The Kier molecular flexibility index (Phi) is 4.81. The lowest BCUT2D eigenvalue weighted by atomic mass is 10.1. The highest BCUT2D eigenvalue weighted by Gasteiger charge is 2.23. The third kappa shape index (κ3) is 3.64. The standard InChI is InChI=1S/C17H19N3O2S/c1-19-16(21)8-7-14(18-19)17(22)20-10-9-15(23-12-11-20)13-5-3-2-4-6-13/h2-8,15H,9-12H2,1H3/t15-/m0/s1. The minimum atomic E-state index is -0.211. The van der Waals surface area contributed by atoms with Crippen LogP contribution in [0, 0.1) is 0 Å². The Morgan fingerprint density at radius 3 is 2.70 bits per heavy atom. The van der Waals surface area contributed by atoms with Crippen molar-refractivity contribution in [2.45, 2.75) is 11.7 Å². The zero-order valence-electron chi connectivity index (χ0n) is 13.0. The summed E-state index contributed by atoms with van der Waals surface area (Å²) in [6, 6.07) is 13.3. The largest absolute Gasteiger partial charge is 0.336 e. The minimum Gasteiger partial charge on any atom is -0.336 e. The first-order valence-corrected chi connectivity index (χ1v) is 8.70. The van der Waals surface area contributed by atoms with Crippen LogP contribution in [0.1, 0.15) is 27.7 Å². The number of rotatable bonds is 2. The fourth-order valence-corrected chi connectivity index (χ4v) is 3.92. The number of hydrogen-bond acceptors (Lipinski definition) is 4. The van der Waals surface area contributed by atoms with Crippen molar-refractivity contribution in [3.63, 3.8) is 0 Å². The van der Waals surface area contributed by atoms with E-state index in [1.165, 1.54) is 22.4 Å². The van der Waals surface area contributed by atoms with Crippen LogP contribution in [0.4, 0.5) is 0 Å². The first-order chi connectivity index (χ1) is 11.1. The Labute approximate surface area is 139 Å². The summed E-state index contributed by atoms with van der Waals surface area (Å²) in [6.07, 6.45) is 0.923. The first kappa shape index (κ1) is 15.8. The third-order valence-electron chi connectivity index (χ3n) is 3.98. The van der Waals surface area contributed by atoms with Gasteiger partial charge in [0.05, 0.1) is 0 Å². The minimum absolute atomic E-state index is 0.102. The Balaban J connectivity index is 1.71. The zero-order valence-corrected chi connectivity index (χ0v) is 13.8. The zero-order chi connectivity index (χ0) is 16.2. The van der Waals surface area contributed by atoms with E-state index in [0.717, 1.165) is 12.2 Å². The molecule has 3 rings (SSSR count). The van der Waals surface area contributed by atoms with E-state index in [-0.39, 0.29) is 11.5 Å². The number of benzene rings is 1. The van der Waals surface area contributed by atoms with Gasteiger partial charge < -0.3 is 4.90 Å². The smallest absolute Gasteiger partial charge is 0.274 e. The number of thioether (sulfide) groups is 1. The number of hydrogen-bond donors (Lipinski definition) is 0. The summed E-state index contributed by atoms with van der Waals surface area (Å²) < 4.78 is 1.20. The quantitative estimate of drug-likeness (QED) is 0.847. The Morgan fingerprint density at radius 2 is 1.96 bits per heavy atom. The summed E-state index contributed by atoms with van der Waals surface area (Å²) in [7, 11) is 1.56. The molecule has 120 valence electrons. The molecule has 0 saturated carbocycles. The summed E-state index contributed by atoms with van der Waals surface area (Å²) in [6.45, 7) is 1.41. The normalized spacial score (nSPS) is 18.5. The molecule has 2 aromatic rings. The maximum Gasteiger partial charge on any atom is 0.274 e. The summed E-state index contributed by atoms with van der Waals surface area (Å²) in [5.41, 5.74) is 1.43. The van der Waals surface area contributed by atoms with Gasteiger partial charge in [-0.3, -0.25) is 9.59 Å². The predicted octanol–water partition coefficient (Wildman–Crippen LogP) is 2.10. The van der Waals surface area contributed by atoms with E-state index in [1.54, 1.807) is 7.05 Å². The Hall–Kier alpha value is -2.08. The molecule has 1 atom stereocenters. The topological polar surface area (TPSA) is 55.2 Å². The second kappa shape index (κ2) is 7.00. The molecule has 6 heteroatoms. The highest BCUT2D eigenvalue weighted by molar-refractivity contribution is 7.99. The highest BCUT2D eigenvalue weighted by Crippen LogP contribution is 2.34. The fraction of sp³-hybridized carbons (Fsp3) is 0.353. The summed E-state index contributed by atoms with van der Waals surface area (Å²) in [5, 5.41) is 4.48. The van der Waals surface area contributed by atoms with Crippen LogP contribution in [0.2, 0.25) is 0 Å². The van der Waals surface area contributed by atoms with Gasteiger partial charge in [-0.1, -0.05) is 30.3 Å². The van der Waals surface area contributed by atoms with Gasteiger partial charge in [-0.15, -0.1) is 0 Å². The molecule has 1 aromatic carbocycles. The van der Waals surface area contributed by atoms with E-state index in [2.05, 4.69) is 29.4 Å². The van der Waals surface area contributed by atoms with Crippen LogP contribution in [0.5, 0.6) is 0 Å². The Morgan fingerprint density at radius 1 is 1.17 bits per heavy atom. The molecule has 23 heavy (non-hydrogen) atoms. The first-order valence-electron chi connectivity index (χ1n) is 7.65. The molecule has 2 heterocycles. The van der Waals surface area contributed by atoms with Gasteiger partial charge in [0.15, 0.2) is 0 Å². The van der Waals surface area contributed by atoms with E-state index in [4.69, 9.17) is 0 Å². The fourth-order valence-electron chi connectivity index (χ4n) is 2.69. The van der Waals surface area contributed by atoms with Crippen LogP contribution in [0.3, 0.4) is 0 Å². The van der Waals surface area contributed by atoms with Gasteiger partial charge in [0, 0.05) is 37.2 Å². The maximum absolute atomic E-state index is 12.6. The molecule has 0 aliphatic carbocycles. The second-order valence-electron chi connectivity index (χ2n) is 5.53. The van der Waals surface area contributed by atoms with Crippen LogP contribution in [0.15, 0.2) is 47.3 Å². The molecule has 0 bridgehead atoms. The van der Waals surface area contributed by atoms with Gasteiger partial charge >= 0.3 is 0 Å². The molecule has 1 aromatic heterocycles. The van der Waals surface area contributed by atoms with Crippen molar-refractivity contribution in [1.82, 2.24) is 14.7 Å². The molecular weight excluding hydrogens is 310 g/mol. The van der Waals surface area contributed by atoms with Crippen LogP contribution >= 0.6 is 11.8 Å². The van der Waals surface area contributed by atoms with Gasteiger partial charge in [0.25, 0.3) is 11.5 Å². The summed E-state index contributed by atoms with van der Waals surface area (Å²) in [4.78, 5) is 25.8. The van der Waals surface area contributed by atoms with Crippen LogP contribution < -0.4 is 5.56 Å². The average Bonchev–Trinajstić information content (AvgIpc) is 2.83. The second-order valence-corrected chi connectivity index (χ2v) is 6.84. The molecule has 1 saturated heterocycles. The molecular formula is C17H19N3O2S. The number of carbonyl (C=O) groups excluding carboxylic acids is 1. The number of carbonyl (C=O) groups is 1.